The van der Waals surface area contributed by atoms with Crippen molar-refractivity contribution in [3.8, 4) is 5.69 Å². The Balaban J connectivity index is 1.73. The number of fused-ring (bicyclic) bond motifs is 2. The molecule has 0 atom stereocenters. The second-order valence-electron chi connectivity index (χ2n) is 7.81. The highest BCUT2D eigenvalue weighted by Crippen LogP contribution is 2.27. The van der Waals surface area contributed by atoms with E-state index in [-0.39, 0.29) is 11.2 Å². The third kappa shape index (κ3) is 3.40. The number of non-ortho nitro benzene ring substituents is 1. The molecule has 2 aromatic heterocycles. The molecular weight excluding hydrogens is 416 g/mol. The van der Waals surface area contributed by atoms with Crippen LogP contribution in [0.3, 0.4) is 0 Å². The zero-order valence-corrected chi connectivity index (χ0v) is 18.1. The molecule has 0 saturated carbocycles. The molecule has 0 bridgehead atoms. The van der Waals surface area contributed by atoms with Gasteiger partial charge < -0.3 is 4.57 Å². The maximum atomic E-state index is 13.4. The lowest BCUT2D eigenvalue weighted by molar-refractivity contribution is -0.384. The van der Waals surface area contributed by atoms with Crippen molar-refractivity contribution in [3.63, 3.8) is 0 Å². The fourth-order valence-corrected chi connectivity index (χ4v) is 4.15. The van der Waals surface area contributed by atoms with E-state index < -0.39 is 4.92 Å². The van der Waals surface area contributed by atoms with Crippen LogP contribution in [0.4, 0.5) is 5.69 Å². The monoisotopic (exact) mass is 436 g/mol. The van der Waals surface area contributed by atoms with Crippen LogP contribution in [0.15, 0.2) is 77.6 Å². The summed E-state index contributed by atoms with van der Waals surface area (Å²) in [7, 11) is 2.02. The highest BCUT2D eigenvalue weighted by Gasteiger charge is 2.14. The fourth-order valence-electron chi connectivity index (χ4n) is 4.15. The molecule has 2 heterocycles. The van der Waals surface area contributed by atoms with Crippen LogP contribution in [0.1, 0.15) is 17.1 Å². The quantitative estimate of drug-likeness (QED) is 0.284. The summed E-state index contributed by atoms with van der Waals surface area (Å²) in [4.78, 5) is 28.8. The first-order valence-corrected chi connectivity index (χ1v) is 10.4. The number of rotatable bonds is 4. The van der Waals surface area contributed by atoms with E-state index in [0.29, 0.717) is 22.4 Å². The maximum Gasteiger partial charge on any atom is 0.269 e. The van der Waals surface area contributed by atoms with Crippen LogP contribution in [0.5, 0.6) is 0 Å². The Hall–Kier alpha value is -4.52. The average Bonchev–Trinajstić information content (AvgIpc) is 3.07. The molecule has 7 heteroatoms. The van der Waals surface area contributed by atoms with Crippen molar-refractivity contribution < 1.29 is 4.92 Å². The molecular formula is C26H20N4O3. The molecule has 162 valence electrons. The summed E-state index contributed by atoms with van der Waals surface area (Å²) in [6.07, 6.45) is 3.79. The van der Waals surface area contributed by atoms with Gasteiger partial charge >= 0.3 is 0 Å². The minimum atomic E-state index is -0.463. The summed E-state index contributed by atoms with van der Waals surface area (Å²) in [5.74, 6) is 0.444. The predicted octanol–water partition coefficient (Wildman–Crippen LogP) is 5.26. The van der Waals surface area contributed by atoms with Crippen LogP contribution in [-0.2, 0) is 7.05 Å². The van der Waals surface area contributed by atoms with Gasteiger partial charge in [-0.1, -0.05) is 30.3 Å². The van der Waals surface area contributed by atoms with Crippen LogP contribution < -0.4 is 5.56 Å². The van der Waals surface area contributed by atoms with Gasteiger partial charge in [0.2, 0.25) is 0 Å². The number of nitro benzene ring substituents is 1. The Bertz CT molecular complexity index is 1630. The van der Waals surface area contributed by atoms with Crippen LogP contribution in [0.25, 0.3) is 39.6 Å². The third-order valence-electron chi connectivity index (χ3n) is 5.97. The maximum absolute atomic E-state index is 13.4. The normalized spacial score (nSPS) is 11.6. The Morgan fingerprint density at radius 1 is 0.909 bits per heavy atom. The molecule has 5 aromatic rings. The van der Waals surface area contributed by atoms with Crippen LogP contribution in [0.2, 0.25) is 0 Å². The molecule has 0 saturated heterocycles. The summed E-state index contributed by atoms with van der Waals surface area (Å²) in [5, 5.41) is 12.7. The Morgan fingerprint density at radius 3 is 2.30 bits per heavy atom. The van der Waals surface area contributed by atoms with Gasteiger partial charge in [0.1, 0.15) is 5.82 Å². The zero-order valence-electron chi connectivity index (χ0n) is 18.1. The number of hydrogen-bond acceptors (Lipinski definition) is 4. The molecule has 0 aliphatic rings. The van der Waals surface area contributed by atoms with Crippen LogP contribution in [-0.4, -0.2) is 19.0 Å². The second kappa shape index (κ2) is 7.87. The first kappa shape index (κ1) is 20.4. The number of hydrogen-bond donors (Lipinski definition) is 0. The summed E-state index contributed by atoms with van der Waals surface area (Å²) in [5.41, 5.74) is 4.10. The summed E-state index contributed by atoms with van der Waals surface area (Å²) >= 11 is 0. The fraction of sp³-hybridized carbons (Fsp3) is 0.0769. The molecule has 3 aromatic carbocycles. The summed E-state index contributed by atoms with van der Waals surface area (Å²) in [6, 6.07) is 21.2. The van der Waals surface area contributed by atoms with Gasteiger partial charge in [-0.2, -0.15) is 0 Å². The van der Waals surface area contributed by atoms with Gasteiger partial charge in [0.05, 0.1) is 21.5 Å². The molecule has 0 aliphatic carbocycles. The molecule has 0 unspecified atom stereocenters. The van der Waals surface area contributed by atoms with Crippen molar-refractivity contribution in [2.75, 3.05) is 0 Å². The van der Waals surface area contributed by atoms with Crippen molar-refractivity contribution >= 4 is 39.6 Å². The summed E-state index contributed by atoms with van der Waals surface area (Å²) < 4.78 is 3.62. The SMILES string of the molecule is Cc1c(C=Cc2nc3ccccc3c(=O)n2-c2ccc([N+](=O)[O-])cc2)c2ccccc2n1C. The Morgan fingerprint density at radius 2 is 1.58 bits per heavy atom. The lowest BCUT2D eigenvalue weighted by Gasteiger charge is -2.11. The molecule has 0 radical (unpaired) electrons. The van der Waals surface area contributed by atoms with Crippen molar-refractivity contribution in [1.82, 2.24) is 14.1 Å². The van der Waals surface area contributed by atoms with Crippen LogP contribution in [0, 0.1) is 17.0 Å². The van der Waals surface area contributed by atoms with Gasteiger partial charge in [-0.15, -0.1) is 0 Å². The Labute approximate surface area is 189 Å². The van der Waals surface area contributed by atoms with E-state index in [1.807, 2.05) is 37.4 Å². The van der Waals surface area contributed by atoms with E-state index in [2.05, 4.69) is 23.6 Å². The number of aromatic nitrogens is 3. The molecule has 33 heavy (non-hydrogen) atoms. The lowest BCUT2D eigenvalue weighted by Crippen LogP contribution is -2.22. The second-order valence-corrected chi connectivity index (χ2v) is 7.81. The first-order chi connectivity index (χ1) is 16.0. The summed E-state index contributed by atoms with van der Waals surface area (Å²) in [6.45, 7) is 2.05. The van der Waals surface area contributed by atoms with Crippen LogP contribution >= 0.6 is 0 Å². The zero-order chi connectivity index (χ0) is 23.1. The van der Waals surface area contributed by atoms with Gasteiger partial charge in [0.25, 0.3) is 11.2 Å². The first-order valence-electron chi connectivity index (χ1n) is 10.4. The van der Waals surface area contributed by atoms with E-state index in [1.165, 1.54) is 16.7 Å². The van der Waals surface area contributed by atoms with Gasteiger partial charge in [0, 0.05) is 41.3 Å². The largest absolute Gasteiger partial charge is 0.347 e. The smallest absolute Gasteiger partial charge is 0.269 e. The number of nitro groups is 1. The highest BCUT2D eigenvalue weighted by molar-refractivity contribution is 5.93. The third-order valence-corrected chi connectivity index (χ3v) is 5.97. The molecule has 5 rings (SSSR count). The molecule has 0 spiro atoms. The van der Waals surface area contributed by atoms with E-state index >= 15 is 0 Å². The molecule has 0 N–H and O–H groups in total. The lowest BCUT2D eigenvalue weighted by atomic mass is 10.1. The van der Waals surface area contributed by atoms with E-state index in [0.717, 1.165) is 22.2 Å². The van der Waals surface area contributed by atoms with E-state index in [1.54, 1.807) is 30.3 Å². The number of nitrogens with zero attached hydrogens (tertiary/aromatic N) is 4. The van der Waals surface area contributed by atoms with Gasteiger partial charge in [-0.25, -0.2) is 4.98 Å². The topological polar surface area (TPSA) is 83.0 Å². The highest BCUT2D eigenvalue weighted by atomic mass is 16.6. The van der Waals surface area contributed by atoms with Gasteiger partial charge in [-0.3, -0.25) is 19.5 Å². The van der Waals surface area contributed by atoms with Gasteiger partial charge in [0.15, 0.2) is 0 Å². The molecule has 0 aliphatic heterocycles. The predicted molar refractivity (Wildman–Crippen MR) is 131 cm³/mol. The Kier molecular flexibility index (Phi) is 4.86. The minimum Gasteiger partial charge on any atom is -0.347 e. The molecule has 0 amide bonds. The van der Waals surface area contributed by atoms with Crippen molar-refractivity contribution in [3.05, 3.63) is 110 Å². The average molecular weight is 436 g/mol. The molecule has 0 fully saturated rings. The van der Waals surface area contributed by atoms with E-state index in [9.17, 15) is 14.9 Å². The van der Waals surface area contributed by atoms with Crippen molar-refractivity contribution in [2.24, 2.45) is 7.05 Å². The van der Waals surface area contributed by atoms with E-state index in [4.69, 9.17) is 4.98 Å². The van der Waals surface area contributed by atoms with Crippen molar-refractivity contribution in [1.29, 1.82) is 0 Å². The standard InChI is InChI=1S/C26H20N4O3/c1-17-20(21-7-4-6-10-24(21)28(17)2)15-16-25-27-23-9-5-3-8-22(23)26(31)29(25)18-11-13-19(14-12-18)30(32)33/h3-16H,1-2H3. The minimum absolute atomic E-state index is 0.0379. The van der Waals surface area contributed by atoms with Gasteiger partial charge in [-0.05, 0) is 49.4 Å². The number of para-hydroxylation sites is 2. The molecule has 7 nitrogen and oxygen atoms in total. The number of benzene rings is 3. The number of aryl methyl sites for hydroxylation is 1. The van der Waals surface area contributed by atoms with Crippen molar-refractivity contribution in [2.45, 2.75) is 6.92 Å².